The smallest absolute Gasteiger partial charge is 0.0449 e. The molecule has 21 heavy (non-hydrogen) atoms. The zero-order chi connectivity index (χ0) is 14.9. The molecule has 0 saturated heterocycles. The molecule has 0 bridgehead atoms. The van der Waals surface area contributed by atoms with E-state index in [9.17, 15) is 0 Å². The Morgan fingerprint density at radius 2 is 1.95 bits per heavy atom. The first-order valence-electron chi connectivity index (χ1n) is 7.23. The van der Waals surface area contributed by atoms with E-state index in [1.165, 1.54) is 23.1 Å². The molecule has 1 unspecified atom stereocenters. The lowest BCUT2D eigenvalue weighted by molar-refractivity contribution is 0.396. The molecule has 0 heterocycles. The number of halogens is 3. The average molecular weight is 384 g/mol. The number of alkyl halides is 1. The maximum atomic E-state index is 6.45. The van der Waals surface area contributed by atoms with Crippen LogP contribution in [0.1, 0.15) is 29.5 Å². The van der Waals surface area contributed by atoms with E-state index in [1.54, 1.807) is 0 Å². The summed E-state index contributed by atoms with van der Waals surface area (Å²) in [6.45, 7) is 0. The molecule has 0 nitrogen and oxygen atoms in total. The van der Waals surface area contributed by atoms with Gasteiger partial charge in [-0.15, -0.1) is 11.6 Å². The molecule has 2 aromatic carbocycles. The highest BCUT2D eigenvalue weighted by molar-refractivity contribution is 9.10. The average Bonchev–Trinajstić information content (AvgIpc) is 2.50. The molecule has 110 valence electrons. The van der Waals surface area contributed by atoms with E-state index in [0.29, 0.717) is 5.88 Å². The lowest BCUT2D eigenvalue weighted by Crippen LogP contribution is -2.35. The van der Waals surface area contributed by atoms with Gasteiger partial charge in [-0.25, -0.2) is 0 Å². The van der Waals surface area contributed by atoms with Gasteiger partial charge in [0.1, 0.15) is 0 Å². The molecule has 0 aliphatic heterocycles. The SMILES string of the molecule is ClCC1(Cc2ccc(Br)cc2Cl)CCCc2ccccc21. The third-order valence-corrected chi connectivity index (χ3v) is 5.85. The van der Waals surface area contributed by atoms with Crippen molar-refractivity contribution in [3.63, 3.8) is 0 Å². The molecular weight excluding hydrogens is 367 g/mol. The van der Waals surface area contributed by atoms with Crippen molar-refractivity contribution in [2.45, 2.75) is 31.1 Å². The Bertz CT molecular complexity index is 653. The summed E-state index contributed by atoms with van der Waals surface area (Å²) in [6.07, 6.45) is 4.38. The minimum Gasteiger partial charge on any atom is -0.126 e. The van der Waals surface area contributed by atoms with Crippen molar-refractivity contribution in [3.8, 4) is 0 Å². The summed E-state index contributed by atoms with van der Waals surface area (Å²) in [5.41, 5.74) is 4.04. The quantitative estimate of drug-likeness (QED) is 0.557. The van der Waals surface area contributed by atoms with Crippen LogP contribution in [0, 0.1) is 0 Å². The number of fused-ring (bicyclic) bond motifs is 1. The van der Waals surface area contributed by atoms with E-state index in [-0.39, 0.29) is 5.41 Å². The number of hydrogen-bond donors (Lipinski definition) is 0. The van der Waals surface area contributed by atoms with Crippen molar-refractivity contribution in [1.82, 2.24) is 0 Å². The van der Waals surface area contributed by atoms with Crippen LogP contribution in [0.2, 0.25) is 5.02 Å². The maximum Gasteiger partial charge on any atom is 0.0449 e. The van der Waals surface area contributed by atoms with Gasteiger partial charge >= 0.3 is 0 Å². The van der Waals surface area contributed by atoms with Crippen LogP contribution in [-0.2, 0) is 18.3 Å². The van der Waals surface area contributed by atoms with Gasteiger partial charge < -0.3 is 0 Å². The Morgan fingerprint density at radius 3 is 2.71 bits per heavy atom. The largest absolute Gasteiger partial charge is 0.126 e. The Balaban J connectivity index is 2.02. The number of benzene rings is 2. The van der Waals surface area contributed by atoms with Gasteiger partial charge in [0, 0.05) is 20.8 Å². The summed E-state index contributed by atoms with van der Waals surface area (Å²) in [4.78, 5) is 0. The van der Waals surface area contributed by atoms with Crippen LogP contribution in [0.15, 0.2) is 46.9 Å². The summed E-state index contributed by atoms with van der Waals surface area (Å²) in [6, 6.07) is 14.8. The fourth-order valence-electron chi connectivity index (χ4n) is 3.41. The number of hydrogen-bond acceptors (Lipinski definition) is 0. The normalized spacial score (nSPS) is 21.1. The fraction of sp³-hybridized carbons (Fsp3) is 0.333. The van der Waals surface area contributed by atoms with Crippen LogP contribution < -0.4 is 0 Å². The molecule has 0 radical (unpaired) electrons. The summed E-state index contributed by atoms with van der Waals surface area (Å²) >= 11 is 16.3. The Kier molecular flexibility index (Phi) is 4.63. The molecule has 3 rings (SSSR count). The van der Waals surface area contributed by atoms with Gasteiger partial charge in [0.05, 0.1) is 0 Å². The molecule has 1 aliphatic carbocycles. The first-order valence-corrected chi connectivity index (χ1v) is 8.93. The van der Waals surface area contributed by atoms with E-state index in [1.807, 2.05) is 6.07 Å². The van der Waals surface area contributed by atoms with Crippen LogP contribution in [-0.4, -0.2) is 5.88 Å². The molecule has 0 N–H and O–H groups in total. The second-order valence-corrected chi connectivity index (χ2v) is 7.43. The van der Waals surface area contributed by atoms with Crippen molar-refractivity contribution >= 4 is 39.1 Å². The molecule has 1 atom stereocenters. The summed E-state index contributed by atoms with van der Waals surface area (Å²) in [5.74, 6) is 0.635. The van der Waals surface area contributed by atoms with Gasteiger partial charge in [-0.2, -0.15) is 0 Å². The van der Waals surface area contributed by atoms with E-state index < -0.39 is 0 Å². The van der Waals surface area contributed by atoms with Crippen LogP contribution in [0.4, 0.5) is 0 Å². The highest BCUT2D eigenvalue weighted by atomic mass is 79.9. The molecule has 0 saturated carbocycles. The third kappa shape index (κ3) is 3.02. The lowest BCUT2D eigenvalue weighted by Gasteiger charge is -2.38. The van der Waals surface area contributed by atoms with Crippen molar-refractivity contribution < 1.29 is 0 Å². The molecule has 1 aliphatic rings. The summed E-state index contributed by atoms with van der Waals surface area (Å²) in [7, 11) is 0. The van der Waals surface area contributed by atoms with Crippen LogP contribution >= 0.6 is 39.1 Å². The number of rotatable bonds is 3. The van der Waals surface area contributed by atoms with Gasteiger partial charge in [-0.05, 0) is 54.5 Å². The molecule has 3 heteroatoms. The molecule has 0 spiro atoms. The minimum absolute atomic E-state index is 0.00781. The summed E-state index contributed by atoms with van der Waals surface area (Å²) in [5, 5.41) is 0.817. The van der Waals surface area contributed by atoms with Crippen LogP contribution in [0.3, 0.4) is 0 Å². The fourth-order valence-corrected chi connectivity index (χ4v) is 4.52. The first kappa shape index (κ1) is 15.4. The molecular formula is C18H17BrCl2. The predicted molar refractivity (Wildman–Crippen MR) is 94.6 cm³/mol. The minimum atomic E-state index is 0.00781. The first-order chi connectivity index (χ1) is 10.1. The highest BCUT2D eigenvalue weighted by Crippen LogP contribution is 2.42. The van der Waals surface area contributed by atoms with Gasteiger partial charge in [0.2, 0.25) is 0 Å². The van der Waals surface area contributed by atoms with Crippen molar-refractivity contribution in [2.24, 2.45) is 0 Å². The van der Waals surface area contributed by atoms with Crippen molar-refractivity contribution in [2.75, 3.05) is 5.88 Å². The van der Waals surface area contributed by atoms with Crippen LogP contribution in [0.5, 0.6) is 0 Å². The zero-order valence-electron chi connectivity index (χ0n) is 11.7. The van der Waals surface area contributed by atoms with E-state index in [4.69, 9.17) is 23.2 Å². The standard InChI is InChI=1S/C18H17BrCl2/c19-15-8-7-14(17(21)10-15)11-18(12-20)9-3-5-13-4-1-2-6-16(13)18/h1-2,4,6-8,10H,3,5,9,11-12H2. The zero-order valence-corrected chi connectivity index (χ0v) is 14.8. The second-order valence-electron chi connectivity index (χ2n) is 5.84. The van der Waals surface area contributed by atoms with Gasteiger partial charge in [0.25, 0.3) is 0 Å². The number of aryl methyl sites for hydroxylation is 1. The second kappa shape index (κ2) is 6.32. The van der Waals surface area contributed by atoms with E-state index in [2.05, 4.69) is 52.3 Å². The molecule has 0 aromatic heterocycles. The monoisotopic (exact) mass is 382 g/mol. The van der Waals surface area contributed by atoms with E-state index in [0.717, 1.165) is 28.8 Å². The Labute approximate surface area is 144 Å². The maximum absolute atomic E-state index is 6.45. The predicted octanol–water partition coefficient (Wildman–Crippen LogP) is 6.16. The van der Waals surface area contributed by atoms with Gasteiger partial charge in [-0.1, -0.05) is 57.9 Å². The van der Waals surface area contributed by atoms with Gasteiger partial charge in [-0.3, -0.25) is 0 Å². The highest BCUT2D eigenvalue weighted by Gasteiger charge is 2.36. The van der Waals surface area contributed by atoms with Crippen molar-refractivity contribution in [1.29, 1.82) is 0 Å². The molecule has 0 amide bonds. The van der Waals surface area contributed by atoms with Gasteiger partial charge in [0.15, 0.2) is 0 Å². The third-order valence-electron chi connectivity index (χ3n) is 4.49. The van der Waals surface area contributed by atoms with E-state index >= 15 is 0 Å². The molecule has 2 aromatic rings. The van der Waals surface area contributed by atoms with Crippen LogP contribution in [0.25, 0.3) is 0 Å². The molecule has 0 fully saturated rings. The Hall–Kier alpha value is -0.500. The van der Waals surface area contributed by atoms with Crippen molar-refractivity contribution in [3.05, 3.63) is 68.7 Å². The Morgan fingerprint density at radius 1 is 1.14 bits per heavy atom. The lowest BCUT2D eigenvalue weighted by atomic mass is 9.68. The summed E-state index contributed by atoms with van der Waals surface area (Å²) < 4.78 is 1.01. The topological polar surface area (TPSA) is 0 Å².